The predicted molar refractivity (Wildman–Crippen MR) is 78.4 cm³/mol. The van der Waals surface area contributed by atoms with Gasteiger partial charge in [-0.1, -0.05) is 25.1 Å². The van der Waals surface area contributed by atoms with E-state index < -0.39 is 0 Å². The summed E-state index contributed by atoms with van der Waals surface area (Å²) in [6.07, 6.45) is 4.08. The van der Waals surface area contributed by atoms with Crippen LogP contribution in [0.4, 0.5) is 0 Å². The second-order valence-electron chi connectivity index (χ2n) is 5.14. The summed E-state index contributed by atoms with van der Waals surface area (Å²) in [7, 11) is 0. The zero-order chi connectivity index (χ0) is 13.9. The van der Waals surface area contributed by atoms with Crippen molar-refractivity contribution >= 4 is 0 Å². The molecule has 2 aromatic rings. The van der Waals surface area contributed by atoms with E-state index in [0.29, 0.717) is 0 Å². The highest BCUT2D eigenvalue weighted by Crippen LogP contribution is 2.27. The summed E-state index contributed by atoms with van der Waals surface area (Å²) in [4.78, 5) is 0. The number of rotatable bonds is 5. The molecule has 20 heavy (non-hydrogen) atoms. The summed E-state index contributed by atoms with van der Waals surface area (Å²) >= 11 is 0. The topological polar surface area (TPSA) is 39.1 Å². The molecule has 4 heteroatoms. The fraction of sp³-hybridized carbons (Fsp3) is 0.438. The van der Waals surface area contributed by atoms with Crippen molar-refractivity contribution < 1.29 is 4.74 Å². The van der Waals surface area contributed by atoms with Gasteiger partial charge in [0.15, 0.2) is 0 Å². The maximum absolute atomic E-state index is 5.50. The molecular formula is C16H21N3O. The number of aryl methyl sites for hydroxylation is 1. The highest BCUT2D eigenvalue weighted by atomic mass is 16.5. The Morgan fingerprint density at radius 2 is 2.10 bits per heavy atom. The van der Waals surface area contributed by atoms with Crippen LogP contribution in [0, 0.1) is 0 Å². The molecular weight excluding hydrogens is 250 g/mol. The number of benzene rings is 1. The Bertz CT molecular complexity index is 591. The van der Waals surface area contributed by atoms with Crippen LogP contribution in [0.25, 0.3) is 0 Å². The number of fused-ring (bicyclic) bond motifs is 1. The molecule has 0 saturated heterocycles. The molecule has 0 aliphatic carbocycles. The Labute approximate surface area is 119 Å². The lowest BCUT2D eigenvalue weighted by Crippen LogP contribution is -2.21. The first-order valence-electron chi connectivity index (χ1n) is 7.27. The van der Waals surface area contributed by atoms with Gasteiger partial charge < -0.3 is 10.1 Å². The molecule has 1 N–H and O–H groups in total. The minimum Gasteiger partial charge on any atom is -0.372 e. The number of aromatic nitrogens is 2. The van der Waals surface area contributed by atoms with Crippen molar-refractivity contribution in [2.75, 3.05) is 6.54 Å². The van der Waals surface area contributed by atoms with Crippen molar-refractivity contribution in [1.82, 2.24) is 15.1 Å². The SMILES string of the molecule is CCNC(c1ccc2c(c1)COC2)c1cnn(CC)c1. The molecule has 0 amide bonds. The molecule has 1 aromatic heterocycles. The van der Waals surface area contributed by atoms with E-state index in [1.165, 1.54) is 22.3 Å². The van der Waals surface area contributed by atoms with Gasteiger partial charge in [0.1, 0.15) is 0 Å². The van der Waals surface area contributed by atoms with E-state index in [0.717, 1.165) is 26.3 Å². The minimum absolute atomic E-state index is 0.200. The maximum Gasteiger partial charge on any atom is 0.0725 e. The highest BCUT2D eigenvalue weighted by molar-refractivity contribution is 5.38. The van der Waals surface area contributed by atoms with E-state index in [1.54, 1.807) is 0 Å². The smallest absolute Gasteiger partial charge is 0.0725 e. The molecule has 0 fully saturated rings. The predicted octanol–water partition coefficient (Wildman–Crippen LogP) is 2.63. The zero-order valence-corrected chi connectivity index (χ0v) is 12.1. The lowest BCUT2D eigenvalue weighted by molar-refractivity contribution is 0.134. The van der Waals surface area contributed by atoms with Gasteiger partial charge in [-0.05, 0) is 30.2 Å². The summed E-state index contributed by atoms with van der Waals surface area (Å²) in [6.45, 7) is 7.54. The van der Waals surface area contributed by atoms with Crippen molar-refractivity contribution in [2.45, 2.75) is 39.6 Å². The average molecular weight is 271 g/mol. The second-order valence-corrected chi connectivity index (χ2v) is 5.14. The standard InChI is InChI=1S/C16H21N3O/c1-3-17-16(15-8-18-19(4-2)9-15)12-5-6-13-10-20-11-14(13)7-12/h5-9,16-17H,3-4,10-11H2,1-2H3. The van der Waals surface area contributed by atoms with Crippen molar-refractivity contribution in [2.24, 2.45) is 0 Å². The monoisotopic (exact) mass is 271 g/mol. The minimum atomic E-state index is 0.200. The molecule has 0 saturated carbocycles. The van der Waals surface area contributed by atoms with Crippen LogP contribution in [0.2, 0.25) is 0 Å². The average Bonchev–Trinajstić information content (AvgIpc) is 3.12. The zero-order valence-electron chi connectivity index (χ0n) is 12.1. The first-order chi connectivity index (χ1) is 9.81. The molecule has 0 radical (unpaired) electrons. The Hall–Kier alpha value is -1.65. The number of ether oxygens (including phenoxy) is 1. The number of nitrogens with one attached hydrogen (secondary N) is 1. The van der Waals surface area contributed by atoms with Gasteiger partial charge in [-0.15, -0.1) is 0 Å². The van der Waals surface area contributed by atoms with Crippen molar-refractivity contribution in [3.8, 4) is 0 Å². The van der Waals surface area contributed by atoms with Gasteiger partial charge in [0.2, 0.25) is 0 Å². The Balaban J connectivity index is 1.93. The molecule has 106 valence electrons. The van der Waals surface area contributed by atoms with E-state index in [-0.39, 0.29) is 6.04 Å². The molecule has 1 aromatic carbocycles. The van der Waals surface area contributed by atoms with Crippen molar-refractivity contribution in [3.05, 3.63) is 52.8 Å². The molecule has 1 aliphatic rings. The molecule has 0 bridgehead atoms. The van der Waals surface area contributed by atoms with Gasteiger partial charge in [0, 0.05) is 18.3 Å². The molecule has 2 heterocycles. The molecule has 3 rings (SSSR count). The fourth-order valence-corrected chi connectivity index (χ4v) is 2.71. The van der Waals surface area contributed by atoms with Crippen molar-refractivity contribution in [1.29, 1.82) is 0 Å². The van der Waals surface area contributed by atoms with E-state index in [1.807, 2.05) is 10.9 Å². The van der Waals surface area contributed by atoms with Gasteiger partial charge in [0.05, 0.1) is 25.5 Å². The lowest BCUT2D eigenvalue weighted by atomic mass is 9.97. The maximum atomic E-state index is 5.50. The molecule has 0 spiro atoms. The third kappa shape index (κ3) is 2.49. The molecule has 1 unspecified atom stereocenters. The van der Waals surface area contributed by atoms with Gasteiger partial charge in [0.25, 0.3) is 0 Å². The number of nitrogens with zero attached hydrogens (tertiary/aromatic N) is 2. The van der Waals surface area contributed by atoms with E-state index >= 15 is 0 Å². The first kappa shape index (κ1) is 13.3. The van der Waals surface area contributed by atoms with E-state index in [2.05, 4.69) is 48.7 Å². The first-order valence-corrected chi connectivity index (χ1v) is 7.27. The number of hydrogen-bond donors (Lipinski definition) is 1. The van der Waals surface area contributed by atoms with Gasteiger partial charge in [-0.2, -0.15) is 5.10 Å². The Morgan fingerprint density at radius 3 is 2.85 bits per heavy atom. The quantitative estimate of drug-likeness (QED) is 0.908. The summed E-state index contributed by atoms with van der Waals surface area (Å²) < 4.78 is 7.47. The highest BCUT2D eigenvalue weighted by Gasteiger charge is 2.18. The van der Waals surface area contributed by atoms with E-state index in [4.69, 9.17) is 4.74 Å². The fourth-order valence-electron chi connectivity index (χ4n) is 2.71. The van der Waals surface area contributed by atoms with Crippen LogP contribution in [-0.4, -0.2) is 16.3 Å². The molecule has 4 nitrogen and oxygen atoms in total. The molecule has 1 atom stereocenters. The van der Waals surface area contributed by atoms with Crippen LogP contribution in [-0.2, 0) is 24.5 Å². The third-order valence-electron chi connectivity index (χ3n) is 3.80. The van der Waals surface area contributed by atoms with Crippen LogP contribution in [0.15, 0.2) is 30.6 Å². The summed E-state index contributed by atoms with van der Waals surface area (Å²) in [5, 5.41) is 7.94. The molecule has 1 aliphatic heterocycles. The summed E-state index contributed by atoms with van der Waals surface area (Å²) in [6, 6.07) is 6.85. The van der Waals surface area contributed by atoms with Crippen LogP contribution >= 0.6 is 0 Å². The second kappa shape index (κ2) is 5.77. The van der Waals surface area contributed by atoms with E-state index in [9.17, 15) is 0 Å². The van der Waals surface area contributed by atoms with Gasteiger partial charge >= 0.3 is 0 Å². The Kier molecular flexibility index (Phi) is 3.85. The normalized spacial score (nSPS) is 15.3. The van der Waals surface area contributed by atoms with Crippen LogP contribution in [0.5, 0.6) is 0 Å². The Morgan fingerprint density at radius 1 is 1.25 bits per heavy atom. The largest absolute Gasteiger partial charge is 0.372 e. The van der Waals surface area contributed by atoms with Crippen molar-refractivity contribution in [3.63, 3.8) is 0 Å². The van der Waals surface area contributed by atoms with Gasteiger partial charge in [-0.25, -0.2) is 0 Å². The van der Waals surface area contributed by atoms with Crippen LogP contribution in [0.1, 0.15) is 42.1 Å². The van der Waals surface area contributed by atoms with Crippen LogP contribution in [0.3, 0.4) is 0 Å². The third-order valence-corrected chi connectivity index (χ3v) is 3.80. The summed E-state index contributed by atoms with van der Waals surface area (Å²) in [5.74, 6) is 0. The number of hydrogen-bond acceptors (Lipinski definition) is 3. The van der Waals surface area contributed by atoms with Crippen LogP contribution < -0.4 is 5.32 Å². The lowest BCUT2D eigenvalue weighted by Gasteiger charge is -2.17. The summed E-state index contributed by atoms with van der Waals surface area (Å²) in [5.41, 5.74) is 5.13. The van der Waals surface area contributed by atoms with Gasteiger partial charge in [-0.3, -0.25) is 4.68 Å².